The van der Waals surface area contributed by atoms with Crippen molar-refractivity contribution in [3.8, 4) is 11.5 Å². The second-order valence-electron chi connectivity index (χ2n) is 4.02. The number of hydrogen-bond acceptors (Lipinski definition) is 2. The number of halogens is 3. The first-order valence-electron chi connectivity index (χ1n) is 5.50. The number of aromatic hydroxyl groups is 1. The highest BCUT2D eigenvalue weighted by Crippen LogP contribution is 2.33. The number of phenolic OH excluding ortho intramolecular Hbond substituents is 1. The van der Waals surface area contributed by atoms with Crippen molar-refractivity contribution in [1.82, 2.24) is 0 Å². The molecule has 2 aromatic carbocycles. The summed E-state index contributed by atoms with van der Waals surface area (Å²) in [4.78, 5) is 0. The summed E-state index contributed by atoms with van der Waals surface area (Å²) in [7, 11) is 1.58. The predicted molar refractivity (Wildman–Crippen MR) is 78.9 cm³/mol. The normalized spacial score (nSPS) is 10.5. The molecule has 0 unspecified atom stereocenters. The maximum atomic E-state index is 9.40. The van der Waals surface area contributed by atoms with Crippen LogP contribution >= 0.6 is 34.8 Å². The molecule has 0 spiro atoms. The molecule has 0 saturated carbocycles. The van der Waals surface area contributed by atoms with Crippen LogP contribution in [-0.4, -0.2) is 12.2 Å². The second kappa shape index (κ2) is 5.91. The molecule has 0 saturated heterocycles. The number of phenols is 1. The third kappa shape index (κ3) is 3.27. The zero-order valence-electron chi connectivity index (χ0n) is 10.1. The van der Waals surface area contributed by atoms with Gasteiger partial charge in [0.1, 0.15) is 11.5 Å². The molecule has 0 atom stereocenters. The minimum atomic E-state index is 0.0413. The van der Waals surface area contributed by atoms with Gasteiger partial charge < -0.3 is 9.84 Å². The van der Waals surface area contributed by atoms with E-state index >= 15 is 0 Å². The monoisotopic (exact) mass is 316 g/mol. The summed E-state index contributed by atoms with van der Waals surface area (Å²) in [5.41, 5.74) is 1.62. The molecule has 0 fully saturated rings. The van der Waals surface area contributed by atoms with Crippen molar-refractivity contribution in [1.29, 1.82) is 0 Å². The maximum Gasteiger partial charge on any atom is 0.120 e. The van der Waals surface area contributed by atoms with E-state index in [9.17, 15) is 5.11 Å². The van der Waals surface area contributed by atoms with Crippen LogP contribution in [0.25, 0.3) is 0 Å². The van der Waals surface area contributed by atoms with Gasteiger partial charge in [0.2, 0.25) is 0 Å². The molecule has 0 amide bonds. The minimum absolute atomic E-state index is 0.0413. The van der Waals surface area contributed by atoms with Gasteiger partial charge in [-0.05, 0) is 35.4 Å². The molecule has 19 heavy (non-hydrogen) atoms. The SMILES string of the molecule is COc1ccc(Cc2c(Cl)cc(O)cc2Cl)c(Cl)c1. The van der Waals surface area contributed by atoms with Crippen molar-refractivity contribution < 1.29 is 9.84 Å². The molecule has 0 aliphatic rings. The molecule has 0 aliphatic heterocycles. The molecule has 2 nitrogen and oxygen atoms in total. The summed E-state index contributed by atoms with van der Waals surface area (Å²) in [5, 5.41) is 10.8. The molecule has 2 aromatic rings. The Hall–Kier alpha value is -1.09. The van der Waals surface area contributed by atoms with E-state index in [0.717, 1.165) is 11.1 Å². The van der Waals surface area contributed by atoms with Crippen LogP contribution in [0.4, 0.5) is 0 Å². The molecule has 5 heteroatoms. The van der Waals surface area contributed by atoms with E-state index < -0.39 is 0 Å². The first-order valence-corrected chi connectivity index (χ1v) is 6.64. The molecule has 2 rings (SSSR count). The van der Waals surface area contributed by atoms with Crippen LogP contribution in [0.3, 0.4) is 0 Å². The van der Waals surface area contributed by atoms with Crippen molar-refractivity contribution in [3.63, 3.8) is 0 Å². The van der Waals surface area contributed by atoms with Gasteiger partial charge >= 0.3 is 0 Å². The number of methoxy groups -OCH3 is 1. The fourth-order valence-corrected chi connectivity index (χ4v) is 2.59. The van der Waals surface area contributed by atoms with Gasteiger partial charge in [-0.2, -0.15) is 0 Å². The molecule has 0 bridgehead atoms. The van der Waals surface area contributed by atoms with Gasteiger partial charge in [-0.15, -0.1) is 0 Å². The van der Waals surface area contributed by atoms with Gasteiger partial charge in [-0.1, -0.05) is 40.9 Å². The average Bonchev–Trinajstić information content (AvgIpc) is 2.35. The van der Waals surface area contributed by atoms with Crippen LogP contribution in [0.1, 0.15) is 11.1 Å². The first kappa shape index (κ1) is 14.3. The fourth-order valence-electron chi connectivity index (χ4n) is 1.75. The van der Waals surface area contributed by atoms with E-state index in [1.165, 1.54) is 12.1 Å². The average molecular weight is 318 g/mol. The fraction of sp³-hybridized carbons (Fsp3) is 0.143. The first-order chi connectivity index (χ1) is 9.01. The molecule has 0 aromatic heterocycles. The Bertz CT molecular complexity index is 589. The van der Waals surface area contributed by atoms with Gasteiger partial charge in [-0.25, -0.2) is 0 Å². The van der Waals surface area contributed by atoms with Gasteiger partial charge in [0.15, 0.2) is 0 Å². The number of hydrogen-bond donors (Lipinski definition) is 1. The maximum absolute atomic E-state index is 9.40. The Morgan fingerprint density at radius 1 is 1.00 bits per heavy atom. The lowest BCUT2D eigenvalue weighted by Gasteiger charge is -2.10. The highest BCUT2D eigenvalue weighted by Gasteiger charge is 2.11. The summed E-state index contributed by atoms with van der Waals surface area (Å²) >= 11 is 18.3. The van der Waals surface area contributed by atoms with Gasteiger partial charge in [-0.3, -0.25) is 0 Å². The van der Waals surface area contributed by atoms with Crippen LogP contribution in [0, 0.1) is 0 Å². The number of ether oxygens (including phenoxy) is 1. The Morgan fingerprint density at radius 3 is 2.16 bits per heavy atom. The summed E-state index contributed by atoms with van der Waals surface area (Å²) in [6.07, 6.45) is 0.487. The zero-order chi connectivity index (χ0) is 14.0. The van der Waals surface area contributed by atoms with Crippen LogP contribution in [0.5, 0.6) is 11.5 Å². The van der Waals surface area contributed by atoms with E-state index in [-0.39, 0.29) is 5.75 Å². The van der Waals surface area contributed by atoms with Gasteiger partial charge in [0.25, 0.3) is 0 Å². The zero-order valence-corrected chi connectivity index (χ0v) is 12.4. The van der Waals surface area contributed by atoms with Crippen molar-refractivity contribution in [2.24, 2.45) is 0 Å². The Labute approximate surface area is 126 Å². The Morgan fingerprint density at radius 2 is 1.63 bits per heavy atom. The molecule has 0 heterocycles. The van der Waals surface area contributed by atoms with Crippen molar-refractivity contribution >= 4 is 34.8 Å². The minimum Gasteiger partial charge on any atom is -0.508 e. The third-order valence-corrected chi connectivity index (χ3v) is 3.78. The number of rotatable bonds is 3. The summed E-state index contributed by atoms with van der Waals surface area (Å²) < 4.78 is 5.09. The standard InChI is InChI=1S/C14H11Cl3O2/c1-19-10-3-2-8(12(15)7-10)4-11-13(16)5-9(18)6-14(11)17/h2-3,5-7,18H,4H2,1H3. The van der Waals surface area contributed by atoms with E-state index in [1.54, 1.807) is 13.2 Å². The van der Waals surface area contributed by atoms with Gasteiger partial charge in [0.05, 0.1) is 7.11 Å². The van der Waals surface area contributed by atoms with Crippen molar-refractivity contribution in [2.45, 2.75) is 6.42 Å². The molecular formula is C14H11Cl3O2. The van der Waals surface area contributed by atoms with E-state index in [4.69, 9.17) is 39.5 Å². The molecular weight excluding hydrogens is 307 g/mol. The Balaban J connectivity index is 2.36. The summed E-state index contributed by atoms with van der Waals surface area (Å²) in [6.45, 7) is 0. The summed E-state index contributed by atoms with van der Waals surface area (Å²) in [6, 6.07) is 8.34. The van der Waals surface area contributed by atoms with Crippen molar-refractivity contribution in [2.75, 3.05) is 7.11 Å². The van der Waals surface area contributed by atoms with Crippen LogP contribution in [0.15, 0.2) is 30.3 Å². The van der Waals surface area contributed by atoms with E-state index in [0.29, 0.717) is 27.2 Å². The predicted octanol–water partition coefficient (Wildman–Crippen LogP) is 4.95. The Kier molecular flexibility index (Phi) is 4.46. The second-order valence-corrected chi connectivity index (χ2v) is 5.24. The van der Waals surface area contributed by atoms with Crippen LogP contribution < -0.4 is 4.74 Å². The third-order valence-electron chi connectivity index (χ3n) is 2.75. The number of benzene rings is 2. The van der Waals surface area contributed by atoms with Crippen LogP contribution in [0.2, 0.25) is 15.1 Å². The molecule has 0 aliphatic carbocycles. The lowest BCUT2D eigenvalue weighted by atomic mass is 10.0. The molecule has 0 radical (unpaired) electrons. The largest absolute Gasteiger partial charge is 0.508 e. The van der Waals surface area contributed by atoms with Gasteiger partial charge in [0, 0.05) is 21.5 Å². The smallest absolute Gasteiger partial charge is 0.120 e. The van der Waals surface area contributed by atoms with E-state index in [1.807, 2.05) is 12.1 Å². The topological polar surface area (TPSA) is 29.5 Å². The van der Waals surface area contributed by atoms with E-state index in [2.05, 4.69) is 0 Å². The lowest BCUT2D eigenvalue weighted by molar-refractivity contribution is 0.414. The highest BCUT2D eigenvalue weighted by molar-refractivity contribution is 6.36. The summed E-state index contributed by atoms with van der Waals surface area (Å²) in [5.74, 6) is 0.733. The van der Waals surface area contributed by atoms with Crippen molar-refractivity contribution in [3.05, 3.63) is 56.5 Å². The molecule has 1 N–H and O–H groups in total. The highest BCUT2D eigenvalue weighted by atomic mass is 35.5. The van der Waals surface area contributed by atoms with Crippen LogP contribution in [-0.2, 0) is 6.42 Å². The molecule has 100 valence electrons. The quantitative estimate of drug-likeness (QED) is 0.867. The lowest BCUT2D eigenvalue weighted by Crippen LogP contribution is -1.93.